The Morgan fingerprint density at radius 1 is 1.27 bits per heavy atom. The Bertz CT molecular complexity index is 887. The number of urea groups is 1. The highest BCUT2D eigenvalue weighted by Gasteiger charge is 2.42. The maximum absolute atomic E-state index is 12.1. The van der Waals surface area contributed by atoms with Gasteiger partial charge in [-0.2, -0.15) is 16.9 Å². The van der Waals surface area contributed by atoms with Crippen LogP contribution in [0.1, 0.15) is 31.5 Å². The summed E-state index contributed by atoms with van der Waals surface area (Å²) in [6, 6.07) is 7.91. The summed E-state index contributed by atoms with van der Waals surface area (Å²) in [5.41, 5.74) is 0.880. The maximum Gasteiger partial charge on any atom is 0.315 e. The molecule has 2 aliphatic heterocycles. The lowest BCUT2D eigenvalue weighted by atomic mass is 10.0. The van der Waals surface area contributed by atoms with Crippen LogP contribution in [0.4, 0.5) is 4.79 Å². The van der Waals surface area contributed by atoms with Crippen molar-refractivity contribution in [2.75, 3.05) is 12.9 Å². The Morgan fingerprint density at radius 2 is 2.10 bits per heavy atom. The summed E-state index contributed by atoms with van der Waals surface area (Å²) >= 11 is 1.90. The number of amides is 3. The molecular formula is C20H26N6O3S. The summed E-state index contributed by atoms with van der Waals surface area (Å²) in [4.78, 5) is 28.0. The van der Waals surface area contributed by atoms with Gasteiger partial charge in [-0.3, -0.25) is 9.89 Å². The highest BCUT2D eigenvalue weighted by Crippen LogP contribution is 2.33. The van der Waals surface area contributed by atoms with E-state index in [0.29, 0.717) is 29.9 Å². The van der Waals surface area contributed by atoms with Crippen molar-refractivity contribution in [1.29, 1.82) is 0 Å². The lowest BCUT2D eigenvalue weighted by Crippen LogP contribution is -2.36. The summed E-state index contributed by atoms with van der Waals surface area (Å²) in [6.45, 7) is 0.321. The Balaban J connectivity index is 1.15. The summed E-state index contributed by atoms with van der Waals surface area (Å²) in [6.07, 6.45) is 3.28. The molecule has 10 heteroatoms. The van der Waals surface area contributed by atoms with Crippen LogP contribution in [0, 0.1) is 0 Å². The molecule has 0 unspecified atom stereocenters. The lowest BCUT2D eigenvalue weighted by molar-refractivity contribution is -0.121. The van der Waals surface area contributed by atoms with Gasteiger partial charge in [0.25, 0.3) is 0 Å². The van der Waals surface area contributed by atoms with Crippen molar-refractivity contribution >= 4 is 23.7 Å². The van der Waals surface area contributed by atoms with Crippen LogP contribution in [0.15, 0.2) is 24.3 Å². The van der Waals surface area contributed by atoms with E-state index < -0.39 is 0 Å². The Labute approximate surface area is 179 Å². The number of benzene rings is 1. The van der Waals surface area contributed by atoms with Gasteiger partial charge in [-0.25, -0.2) is 9.78 Å². The number of aromatic nitrogens is 3. The summed E-state index contributed by atoms with van der Waals surface area (Å²) in [7, 11) is 1.62. The van der Waals surface area contributed by atoms with Gasteiger partial charge in [-0.15, -0.1) is 0 Å². The average molecular weight is 431 g/mol. The second kappa shape index (κ2) is 9.38. The third-order valence-corrected chi connectivity index (χ3v) is 6.92. The van der Waals surface area contributed by atoms with Crippen molar-refractivity contribution in [3.8, 4) is 17.1 Å². The molecule has 0 saturated carbocycles. The normalized spacial score (nSPS) is 22.3. The van der Waals surface area contributed by atoms with E-state index in [1.807, 2.05) is 36.0 Å². The van der Waals surface area contributed by atoms with Crippen LogP contribution in [0.3, 0.4) is 0 Å². The number of nitrogens with zero attached hydrogens (tertiary/aromatic N) is 2. The summed E-state index contributed by atoms with van der Waals surface area (Å²) in [5, 5.41) is 16.3. The van der Waals surface area contributed by atoms with E-state index in [1.165, 1.54) is 0 Å². The van der Waals surface area contributed by atoms with Crippen molar-refractivity contribution in [3.63, 3.8) is 0 Å². The number of unbranched alkanes of at least 4 members (excludes halogenated alkanes) is 1. The highest BCUT2D eigenvalue weighted by atomic mass is 32.2. The number of hydrogen-bond acceptors (Lipinski definition) is 6. The van der Waals surface area contributed by atoms with Gasteiger partial charge in [0.2, 0.25) is 5.91 Å². The first-order valence-corrected chi connectivity index (χ1v) is 11.2. The number of ether oxygens (including phenoxy) is 1. The zero-order valence-corrected chi connectivity index (χ0v) is 17.6. The van der Waals surface area contributed by atoms with E-state index in [1.54, 1.807) is 7.11 Å². The third kappa shape index (κ3) is 4.86. The van der Waals surface area contributed by atoms with Crippen LogP contribution in [0.2, 0.25) is 0 Å². The highest BCUT2D eigenvalue weighted by molar-refractivity contribution is 8.00. The van der Waals surface area contributed by atoms with E-state index in [0.717, 1.165) is 36.3 Å². The van der Waals surface area contributed by atoms with Gasteiger partial charge in [-0.05, 0) is 37.1 Å². The molecule has 3 amide bonds. The molecule has 3 heterocycles. The minimum atomic E-state index is -0.0581. The SMILES string of the molecule is COc1ccc(-c2n[nH]c(CNC(=O)CCCC[C@@H]3SC[C@@H]4NC(=O)N[C@@H]43)n2)cc1. The first kappa shape index (κ1) is 20.5. The zero-order valence-electron chi connectivity index (χ0n) is 16.8. The fourth-order valence-electron chi connectivity index (χ4n) is 3.79. The molecule has 0 bridgehead atoms. The quantitative estimate of drug-likeness (QED) is 0.356. The van der Waals surface area contributed by atoms with E-state index in [-0.39, 0.29) is 24.0 Å². The molecule has 160 valence electrons. The van der Waals surface area contributed by atoms with Crippen molar-refractivity contribution in [1.82, 2.24) is 31.1 Å². The molecule has 0 spiro atoms. The minimum absolute atomic E-state index is 0.00480. The number of fused-ring (bicyclic) bond motifs is 1. The number of aromatic amines is 1. The number of rotatable bonds is 9. The smallest absolute Gasteiger partial charge is 0.315 e. The van der Waals surface area contributed by atoms with Crippen LogP contribution >= 0.6 is 11.8 Å². The molecule has 0 radical (unpaired) electrons. The van der Waals surface area contributed by atoms with E-state index in [9.17, 15) is 9.59 Å². The fraction of sp³-hybridized carbons (Fsp3) is 0.500. The van der Waals surface area contributed by atoms with E-state index in [2.05, 4.69) is 31.1 Å². The second-order valence-electron chi connectivity index (χ2n) is 7.48. The molecule has 30 heavy (non-hydrogen) atoms. The number of carbonyl (C=O) groups is 2. The van der Waals surface area contributed by atoms with Crippen molar-refractivity contribution in [3.05, 3.63) is 30.1 Å². The largest absolute Gasteiger partial charge is 0.497 e. The summed E-state index contributed by atoms with van der Waals surface area (Å²) < 4.78 is 5.15. The molecular weight excluding hydrogens is 404 g/mol. The monoisotopic (exact) mass is 430 g/mol. The average Bonchev–Trinajstić information content (AvgIpc) is 3.46. The predicted molar refractivity (Wildman–Crippen MR) is 114 cm³/mol. The Morgan fingerprint density at radius 3 is 2.90 bits per heavy atom. The molecule has 2 saturated heterocycles. The molecule has 0 aliphatic carbocycles. The van der Waals surface area contributed by atoms with Crippen molar-refractivity contribution < 1.29 is 14.3 Å². The fourth-order valence-corrected chi connectivity index (χ4v) is 5.33. The van der Waals surface area contributed by atoms with Gasteiger partial charge in [0.15, 0.2) is 5.82 Å². The lowest BCUT2D eigenvalue weighted by Gasteiger charge is -2.16. The van der Waals surface area contributed by atoms with Gasteiger partial charge in [-0.1, -0.05) is 6.42 Å². The van der Waals surface area contributed by atoms with Gasteiger partial charge in [0, 0.05) is 23.0 Å². The molecule has 4 rings (SSSR count). The van der Waals surface area contributed by atoms with Crippen LogP contribution < -0.4 is 20.7 Å². The molecule has 9 nitrogen and oxygen atoms in total. The Hall–Kier alpha value is -2.75. The van der Waals surface area contributed by atoms with Gasteiger partial charge < -0.3 is 20.7 Å². The minimum Gasteiger partial charge on any atom is -0.497 e. The van der Waals surface area contributed by atoms with Crippen molar-refractivity contribution in [2.24, 2.45) is 0 Å². The summed E-state index contributed by atoms with van der Waals surface area (Å²) in [5.74, 6) is 2.95. The van der Waals surface area contributed by atoms with E-state index in [4.69, 9.17) is 4.74 Å². The van der Waals surface area contributed by atoms with Crippen LogP contribution in [0.5, 0.6) is 5.75 Å². The van der Waals surface area contributed by atoms with Gasteiger partial charge in [0.05, 0.1) is 25.7 Å². The van der Waals surface area contributed by atoms with E-state index >= 15 is 0 Å². The number of hydrogen-bond donors (Lipinski definition) is 4. The first-order chi connectivity index (χ1) is 14.6. The Kier molecular flexibility index (Phi) is 6.41. The molecule has 3 atom stereocenters. The number of carbonyl (C=O) groups excluding carboxylic acids is 2. The maximum atomic E-state index is 12.1. The molecule has 2 aliphatic rings. The second-order valence-corrected chi connectivity index (χ2v) is 8.75. The predicted octanol–water partition coefficient (Wildman–Crippen LogP) is 1.82. The van der Waals surface area contributed by atoms with Crippen LogP contribution in [-0.4, -0.2) is 57.3 Å². The number of H-pyrrole nitrogens is 1. The van der Waals surface area contributed by atoms with Crippen LogP contribution in [-0.2, 0) is 11.3 Å². The molecule has 1 aromatic carbocycles. The first-order valence-electron chi connectivity index (χ1n) is 10.1. The molecule has 1 aromatic heterocycles. The van der Waals surface area contributed by atoms with Gasteiger partial charge in [0.1, 0.15) is 11.6 Å². The zero-order chi connectivity index (χ0) is 20.9. The third-order valence-electron chi connectivity index (χ3n) is 5.41. The number of nitrogens with one attached hydrogen (secondary N) is 4. The van der Waals surface area contributed by atoms with Gasteiger partial charge >= 0.3 is 6.03 Å². The number of thioether (sulfide) groups is 1. The number of methoxy groups -OCH3 is 1. The molecule has 4 N–H and O–H groups in total. The molecule has 2 fully saturated rings. The standard InChI is InChI=1S/C20H26N6O3S/c1-29-13-8-6-12(7-9-13)19-23-16(25-26-19)10-21-17(27)5-3-2-4-15-18-14(11-30-15)22-20(28)24-18/h6-9,14-15,18H,2-5,10-11H2,1H3,(H,21,27)(H2,22,24,28)(H,23,25,26)/t14-,15-,18-/m0/s1. The molecule has 2 aromatic rings. The topological polar surface area (TPSA) is 121 Å². The van der Waals surface area contributed by atoms with Crippen molar-refractivity contribution in [2.45, 2.75) is 49.6 Å². The van der Waals surface area contributed by atoms with Crippen LogP contribution in [0.25, 0.3) is 11.4 Å².